The van der Waals surface area contributed by atoms with Crippen LogP contribution in [0.25, 0.3) is 0 Å². The molecule has 4 nitrogen and oxygen atoms in total. The molecule has 1 heterocycles. The molecular weight excluding hydrogens is 256 g/mol. The fourth-order valence-corrected chi connectivity index (χ4v) is 1.84. The Balaban J connectivity index is 2.50. The fourth-order valence-electron chi connectivity index (χ4n) is 1.84. The first-order valence-corrected chi connectivity index (χ1v) is 5.71. The predicted octanol–water partition coefficient (Wildman–Crippen LogP) is 1.72. The summed E-state index contributed by atoms with van der Waals surface area (Å²) in [4.78, 5) is 35.7. The van der Waals surface area contributed by atoms with E-state index in [1.54, 1.807) is 13.8 Å². The number of halogens is 2. The average Bonchev–Trinajstić information content (AvgIpc) is 2.60. The van der Waals surface area contributed by atoms with Gasteiger partial charge in [-0.2, -0.15) is 0 Å². The summed E-state index contributed by atoms with van der Waals surface area (Å²) in [7, 11) is 0. The van der Waals surface area contributed by atoms with Crippen molar-refractivity contribution in [1.29, 1.82) is 0 Å². The topological polar surface area (TPSA) is 54.5 Å². The van der Waals surface area contributed by atoms with E-state index in [0.717, 1.165) is 12.1 Å². The van der Waals surface area contributed by atoms with Crippen LogP contribution in [0.4, 0.5) is 14.5 Å². The molecule has 0 spiro atoms. The minimum absolute atomic E-state index is 0.335. The van der Waals surface area contributed by atoms with Crippen LogP contribution in [0.3, 0.4) is 0 Å². The van der Waals surface area contributed by atoms with Crippen molar-refractivity contribution in [3.63, 3.8) is 0 Å². The second-order valence-electron chi connectivity index (χ2n) is 4.59. The predicted molar refractivity (Wildman–Crippen MR) is 62.9 cm³/mol. The molecule has 19 heavy (non-hydrogen) atoms. The Morgan fingerprint density at radius 3 is 2.37 bits per heavy atom. The maximum atomic E-state index is 13.7. The number of carbonyl (C=O) groups is 3. The Kier molecular flexibility index (Phi) is 3.18. The van der Waals surface area contributed by atoms with Gasteiger partial charge in [-0.3, -0.25) is 19.3 Å². The first kappa shape index (κ1) is 13.3. The Morgan fingerprint density at radius 1 is 1.21 bits per heavy atom. The van der Waals surface area contributed by atoms with E-state index in [1.807, 2.05) is 0 Å². The van der Waals surface area contributed by atoms with Crippen molar-refractivity contribution in [2.24, 2.45) is 5.92 Å². The number of benzene rings is 1. The van der Waals surface area contributed by atoms with Gasteiger partial charge in [-0.15, -0.1) is 0 Å². The minimum atomic E-state index is -1.12. The van der Waals surface area contributed by atoms with Crippen molar-refractivity contribution in [3.05, 3.63) is 29.3 Å². The largest absolute Gasteiger partial charge is 0.300 e. The van der Waals surface area contributed by atoms with Crippen molar-refractivity contribution in [3.8, 4) is 0 Å². The highest BCUT2D eigenvalue weighted by Crippen LogP contribution is 2.33. The van der Waals surface area contributed by atoms with Crippen LogP contribution in [0.5, 0.6) is 0 Å². The van der Waals surface area contributed by atoms with Crippen molar-refractivity contribution < 1.29 is 23.2 Å². The highest BCUT2D eigenvalue weighted by Gasteiger charge is 2.41. The Labute approximate surface area is 108 Å². The lowest BCUT2D eigenvalue weighted by molar-refractivity contribution is -0.122. The van der Waals surface area contributed by atoms with Crippen molar-refractivity contribution in [2.75, 3.05) is 11.4 Å². The number of anilines is 1. The summed E-state index contributed by atoms with van der Waals surface area (Å²) in [6, 6.07) is 1.61. The lowest BCUT2D eigenvalue weighted by Gasteiger charge is -2.17. The molecule has 0 saturated heterocycles. The van der Waals surface area contributed by atoms with Gasteiger partial charge in [0.25, 0.3) is 11.7 Å². The second-order valence-corrected chi connectivity index (χ2v) is 4.59. The van der Waals surface area contributed by atoms with E-state index in [1.165, 1.54) is 0 Å². The molecule has 0 aromatic heterocycles. The highest BCUT2D eigenvalue weighted by atomic mass is 19.1. The van der Waals surface area contributed by atoms with E-state index >= 15 is 0 Å². The zero-order chi connectivity index (χ0) is 14.3. The molecule has 0 N–H and O–H groups in total. The van der Waals surface area contributed by atoms with Crippen LogP contribution >= 0.6 is 0 Å². The highest BCUT2D eigenvalue weighted by molar-refractivity contribution is 6.52. The average molecular weight is 267 g/mol. The molecule has 0 unspecified atom stereocenters. The smallest absolute Gasteiger partial charge is 0.297 e. The monoisotopic (exact) mass is 267 g/mol. The van der Waals surface area contributed by atoms with E-state index in [4.69, 9.17) is 0 Å². The van der Waals surface area contributed by atoms with E-state index < -0.39 is 41.1 Å². The lowest BCUT2D eigenvalue weighted by atomic mass is 10.1. The molecule has 1 aromatic rings. The SMILES string of the molecule is CC(C)C(=O)CN1C(=O)C(=O)c2c(F)ccc(F)c21. The molecular formula is C13H11F2NO3. The summed E-state index contributed by atoms with van der Waals surface area (Å²) >= 11 is 0. The molecule has 0 saturated carbocycles. The normalized spacial score (nSPS) is 14.3. The van der Waals surface area contributed by atoms with Crippen LogP contribution < -0.4 is 4.90 Å². The van der Waals surface area contributed by atoms with E-state index in [2.05, 4.69) is 0 Å². The number of Topliss-reactive ketones (excluding diaryl/α,β-unsaturated/α-hetero) is 2. The third-order valence-corrected chi connectivity index (χ3v) is 2.97. The summed E-state index contributed by atoms with van der Waals surface area (Å²) in [5.74, 6) is -4.76. The number of nitrogens with zero attached hydrogens (tertiary/aromatic N) is 1. The number of hydrogen-bond donors (Lipinski definition) is 0. The summed E-state index contributed by atoms with van der Waals surface area (Å²) in [6.45, 7) is 2.80. The van der Waals surface area contributed by atoms with E-state index in [-0.39, 0.29) is 11.7 Å². The molecule has 2 rings (SSSR count). The number of fused-ring (bicyclic) bond motifs is 1. The van der Waals surface area contributed by atoms with Crippen LogP contribution in [0.1, 0.15) is 24.2 Å². The number of hydrogen-bond acceptors (Lipinski definition) is 3. The molecule has 0 atom stereocenters. The van der Waals surface area contributed by atoms with Gasteiger partial charge < -0.3 is 0 Å². The van der Waals surface area contributed by atoms with Gasteiger partial charge in [-0.05, 0) is 12.1 Å². The standard InChI is InChI=1S/C13H11F2NO3/c1-6(2)9(17)5-16-11-8(15)4-3-7(14)10(11)12(18)13(16)19/h3-4,6H,5H2,1-2H3. The number of amides is 1. The maximum absolute atomic E-state index is 13.7. The Morgan fingerprint density at radius 2 is 1.79 bits per heavy atom. The first-order valence-electron chi connectivity index (χ1n) is 5.71. The number of carbonyl (C=O) groups excluding carboxylic acids is 3. The third kappa shape index (κ3) is 2.03. The lowest BCUT2D eigenvalue weighted by Crippen LogP contribution is -2.36. The summed E-state index contributed by atoms with van der Waals surface area (Å²) in [5, 5.41) is 0. The molecule has 1 aromatic carbocycles. The van der Waals surface area contributed by atoms with Crippen molar-refractivity contribution in [2.45, 2.75) is 13.8 Å². The maximum Gasteiger partial charge on any atom is 0.300 e. The molecule has 6 heteroatoms. The van der Waals surface area contributed by atoms with Crippen molar-refractivity contribution in [1.82, 2.24) is 0 Å². The molecule has 0 radical (unpaired) electrons. The van der Waals surface area contributed by atoms with Gasteiger partial charge in [-0.1, -0.05) is 13.8 Å². The molecule has 0 bridgehead atoms. The first-order chi connectivity index (χ1) is 8.84. The van der Waals surface area contributed by atoms with Crippen LogP contribution in [-0.4, -0.2) is 24.0 Å². The summed E-state index contributed by atoms with van der Waals surface area (Å²) in [6.07, 6.45) is 0. The zero-order valence-electron chi connectivity index (χ0n) is 10.4. The molecule has 1 aliphatic heterocycles. The minimum Gasteiger partial charge on any atom is -0.297 e. The van der Waals surface area contributed by atoms with Gasteiger partial charge in [0, 0.05) is 5.92 Å². The molecule has 0 fully saturated rings. The van der Waals surface area contributed by atoms with Crippen LogP contribution in [0.2, 0.25) is 0 Å². The number of rotatable bonds is 3. The van der Waals surface area contributed by atoms with Crippen LogP contribution in [0, 0.1) is 17.6 Å². The second kappa shape index (κ2) is 4.53. The summed E-state index contributed by atoms with van der Waals surface area (Å²) in [5.41, 5.74) is -1.04. The molecule has 100 valence electrons. The van der Waals surface area contributed by atoms with Gasteiger partial charge >= 0.3 is 0 Å². The molecule has 1 aliphatic rings. The number of ketones is 2. The zero-order valence-corrected chi connectivity index (χ0v) is 10.4. The van der Waals surface area contributed by atoms with Gasteiger partial charge in [-0.25, -0.2) is 8.78 Å². The van der Waals surface area contributed by atoms with Gasteiger partial charge in [0.15, 0.2) is 5.78 Å². The molecule has 0 aliphatic carbocycles. The van der Waals surface area contributed by atoms with Gasteiger partial charge in [0.05, 0.1) is 17.8 Å². The summed E-state index contributed by atoms with van der Waals surface area (Å²) < 4.78 is 27.2. The fraction of sp³-hybridized carbons (Fsp3) is 0.308. The van der Waals surface area contributed by atoms with E-state index in [0.29, 0.717) is 4.90 Å². The van der Waals surface area contributed by atoms with E-state index in [9.17, 15) is 23.2 Å². The van der Waals surface area contributed by atoms with Gasteiger partial charge in [0.2, 0.25) is 0 Å². The molecule has 1 amide bonds. The van der Waals surface area contributed by atoms with Gasteiger partial charge in [0.1, 0.15) is 11.6 Å². The Bertz CT molecular complexity index is 596. The quantitative estimate of drug-likeness (QED) is 0.783. The van der Waals surface area contributed by atoms with Crippen LogP contribution in [0.15, 0.2) is 12.1 Å². The Hall–Kier alpha value is -2.11. The third-order valence-electron chi connectivity index (χ3n) is 2.97. The van der Waals surface area contributed by atoms with Crippen LogP contribution in [-0.2, 0) is 9.59 Å². The van der Waals surface area contributed by atoms with Crippen molar-refractivity contribution >= 4 is 23.2 Å².